The minimum absolute atomic E-state index is 0.281. The number of hydrogen-bond donors (Lipinski definition) is 1. The van der Waals surface area contributed by atoms with E-state index in [9.17, 15) is 13.2 Å². The third kappa shape index (κ3) is 2.59. The summed E-state index contributed by atoms with van der Waals surface area (Å²) >= 11 is 0. The molecule has 2 aliphatic rings. The first-order valence-corrected chi connectivity index (χ1v) is 7.83. The molecule has 3 rings (SSSR count). The van der Waals surface area contributed by atoms with Crippen LogP contribution in [0, 0.1) is 0 Å². The maximum absolute atomic E-state index is 12.0. The summed E-state index contributed by atoms with van der Waals surface area (Å²) in [5, 5.41) is 8.48. The highest BCUT2D eigenvalue weighted by Crippen LogP contribution is 2.36. The Bertz CT molecular complexity index is 658. The lowest BCUT2D eigenvalue weighted by Crippen LogP contribution is -2.39. The van der Waals surface area contributed by atoms with E-state index in [4.69, 9.17) is 8.97 Å². The van der Waals surface area contributed by atoms with Crippen LogP contribution in [0.25, 0.3) is 0 Å². The molecule has 0 radical (unpaired) electrons. The van der Waals surface area contributed by atoms with Crippen molar-refractivity contribution in [3.8, 4) is 0 Å². The maximum atomic E-state index is 12.0. The fourth-order valence-corrected chi connectivity index (χ4v) is 3.04. The molecule has 0 unspecified atom stereocenters. The largest absolute Gasteiger partial charge is 0.425 e. The second kappa shape index (κ2) is 4.93. The molecule has 21 heavy (non-hydrogen) atoms. The molecule has 2 saturated heterocycles. The number of carbonyl (C=O) groups excluding carboxylic acids is 1. The zero-order valence-electron chi connectivity index (χ0n) is 11.2. The van der Waals surface area contributed by atoms with E-state index < -0.39 is 22.5 Å². The highest BCUT2D eigenvalue weighted by molar-refractivity contribution is 7.80. The zero-order valence-corrected chi connectivity index (χ0v) is 12.0. The summed E-state index contributed by atoms with van der Waals surface area (Å²) in [5.41, 5.74) is 0. The van der Waals surface area contributed by atoms with Crippen molar-refractivity contribution in [3.05, 3.63) is 11.8 Å². The molecule has 2 amide bonds. The molecule has 1 aromatic rings. The van der Waals surface area contributed by atoms with Gasteiger partial charge in [-0.1, -0.05) is 6.92 Å². The van der Waals surface area contributed by atoms with Gasteiger partial charge in [0.1, 0.15) is 0 Å². The first-order chi connectivity index (χ1) is 9.89. The van der Waals surface area contributed by atoms with E-state index in [0.717, 1.165) is 0 Å². The SMILES string of the molecule is CCc1nnc([C@@H]2CCN3C[C@@H]2N(OS(=O)(=O)O)C3=O)o1. The van der Waals surface area contributed by atoms with E-state index in [0.29, 0.717) is 36.2 Å². The van der Waals surface area contributed by atoms with Crippen molar-refractivity contribution in [2.45, 2.75) is 31.7 Å². The fourth-order valence-electron chi connectivity index (χ4n) is 2.66. The van der Waals surface area contributed by atoms with Gasteiger partial charge in [0.2, 0.25) is 11.8 Å². The average molecular weight is 318 g/mol. The second-order valence-electron chi connectivity index (χ2n) is 4.91. The van der Waals surface area contributed by atoms with Crippen LogP contribution >= 0.6 is 0 Å². The first kappa shape index (κ1) is 14.2. The van der Waals surface area contributed by atoms with Crippen LogP contribution < -0.4 is 0 Å². The number of hydroxylamine groups is 2. The van der Waals surface area contributed by atoms with Gasteiger partial charge in [-0.2, -0.15) is 13.5 Å². The van der Waals surface area contributed by atoms with Gasteiger partial charge in [-0.3, -0.25) is 4.55 Å². The molecular weight excluding hydrogens is 304 g/mol. The molecule has 2 aliphatic heterocycles. The van der Waals surface area contributed by atoms with E-state index in [2.05, 4.69) is 14.5 Å². The number of piperidine rings is 1. The van der Waals surface area contributed by atoms with Crippen LogP contribution in [0.2, 0.25) is 0 Å². The minimum atomic E-state index is -4.77. The van der Waals surface area contributed by atoms with Crippen LogP contribution in [-0.2, 0) is 21.1 Å². The number of hydrogen-bond acceptors (Lipinski definition) is 7. The van der Waals surface area contributed by atoms with Crippen molar-refractivity contribution >= 4 is 16.4 Å². The Hall–Kier alpha value is -1.72. The van der Waals surface area contributed by atoms with Crippen molar-refractivity contribution < 1.29 is 26.5 Å². The van der Waals surface area contributed by atoms with E-state index in [1.165, 1.54) is 4.90 Å². The number of urea groups is 1. The Morgan fingerprint density at radius 3 is 2.86 bits per heavy atom. The van der Waals surface area contributed by atoms with Gasteiger partial charge in [0.25, 0.3) is 0 Å². The first-order valence-electron chi connectivity index (χ1n) is 6.46. The Kier molecular flexibility index (Phi) is 3.34. The van der Waals surface area contributed by atoms with Gasteiger partial charge in [0.15, 0.2) is 0 Å². The summed E-state index contributed by atoms with van der Waals surface area (Å²) < 4.78 is 40.5. The monoisotopic (exact) mass is 318 g/mol. The lowest BCUT2D eigenvalue weighted by atomic mass is 9.93. The van der Waals surface area contributed by atoms with E-state index in [1.807, 2.05) is 6.92 Å². The molecule has 0 spiro atoms. The molecule has 10 nitrogen and oxygen atoms in total. The number of carbonyl (C=O) groups is 1. The molecule has 1 N–H and O–H groups in total. The third-order valence-corrected chi connectivity index (χ3v) is 3.97. The van der Waals surface area contributed by atoms with Gasteiger partial charge in [-0.25, -0.2) is 4.79 Å². The van der Waals surface area contributed by atoms with Gasteiger partial charge < -0.3 is 9.32 Å². The predicted octanol–water partition coefficient (Wildman–Crippen LogP) is -0.0401. The third-order valence-electron chi connectivity index (χ3n) is 3.62. The summed E-state index contributed by atoms with van der Waals surface area (Å²) in [6.07, 6.45) is 1.13. The number of aromatic nitrogens is 2. The average Bonchev–Trinajstić information content (AvgIpc) is 2.98. The van der Waals surface area contributed by atoms with Gasteiger partial charge in [0, 0.05) is 19.5 Å². The van der Waals surface area contributed by atoms with Crippen LogP contribution in [0.4, 0.5) is 4.79 Å². The number of amides is 2. The molecule has 2 fully saturated rings. The summed E-state index contributed by atoms with van der Waals surface area (Å²) in [6.45, 7) is 2.57. The topological polar surface area (TPSA) is 126 Å². The number of nitrogens with zero attached hydrogens (tertiary/aromatic N) is 4. The molecule has 0 aromatic carbocycles. The maximum Gasteiger partial charge on any atom is 0.418 e. The van der Waals surface area contributed by atoms with Crippen molar-refractivity contribution in [2.24, 2.45) is 0 Å². The van der Waals surface area contributed by atoms with Crippen LogP contribution in [0.1, 0.15) is 31.0 Å². The van der Waals surface area contributed by atoms with Crippen molar-refractivity contribution in [3.63, 3.8) is 0 Å². The fraction of sp³-hybridized carbons (Fsp3) is 0.700. The second-order valence-corrected chi connectivity index (χ2v) is 5.91. The lowest BCUT2D eigenvalue weighted by Gasteiger charge is -2.27. The number of aryl methyl sites for hydroxylation is 1. The van der Waals surface area contributed by atoms with Crippen molar-refractivity contribution in [1.29, 1.82) is 0 Å². The summed E-state index contributed by atoms with van der Waals surface area (Å²) in [6, 6.07) is -1.20. The van der Waals surface area contributed by atoms with Crippen LogP contribution in [0.5, 0.6) is 0 Å². The van der Waals surface area contributed by atoms with Gasteiger partial charge in [-0.05, 0) is 6.42 Å². The lowest BCUT2D eigenvalue weighted by molar-refractivity contribution is -0.0393. The molecule has 2 bridgehead atoms. The summed E-state index contributed by atoms with van der Waals surface area (Å²) in [7, 11) is -4.77. The molecule has 1 aromatic heterocycles. The summed E-state index contributed by atoms with van der Waals surface area (Å²) in [4.78, 5) is 13.4. The predicted molar refractivity (Wildman–Crippen MR) is 66.3 cm³/mol. The molecule has 116 valence electrons. The van der Waals surface area contributed by atoms with E-state index in [1.54, 1.807) is 0 Å². The van der Waals surface area contributed by atoms with Gasteiger partial charge >= 0.3 is 16.4 Å². The van der Waals surface area contributed by atoms with Gasteiger partial charge in [0.05, 0.1) is 12.0 Å². The highest BCUT2D eigenvalue weighted by Gasteiger charge is 2.50. The quantitative estimate of drug-likeness (QED) is 0.766. The van der Waals surface area contributed by atoms with Crippen LogP contribution in [0.3, 0.4) is 0 Å². The van der Waals surface area contributed by atoms with Crippen LogP contribution in [0.15, 0.2) is 4.42 Å². The Balaban J connectivity index is 1.88. The summed E-state index contributed by atoms with van der Waals surface area (Å²) in [5.74, 6) is 0.483. The van der Waals surface area contributed by atoms with Gasteiger partial charge in [-0.15, -0.1) is 14.5 Å². The van der Waals surface area contributed by atoms with E-state index in [-0.39, 0.29) is 12.5 Å². The molecule has 3 heterocycles. The Morgan fingerprint density at radius 1 is 1.48 bits per heavy atom. The van der Waals surface area contributed by atoms with Crippen molar-refractivity contribution in [1.82, 2.24) is 20.2 Å². The molecule has 11 heteroatoms. The Morgan fingerprint density at radius 2 is 2.24 bits per heavy atom. The van der Waals surface area contributed by atoms with E-state index >= 15 is 0 Å². The highest BCUT2D eigenvalue weighted by atomic mass is 32.3. The molecule has 2 atom stereocenters. The molecular formula is C10H14N4O6S. The number of fused-ring (bicyclic) bond motifs is 2. The normalized spacial score (nSPS) is 25.7. The molecule has 0 aliphatic carbocycles. The van der Waals surface area contributed by atoms with Crippen molar-refractivity contribution in [2.75, 3.05) is 13.1 Å². The Labute approximate surface area is 120 Å². The standard InChI is InChI=1S/C10H14N4O6S/c1-2-8-11-12-9(19-8)6-3-4-13-5-7(6)14(10(13)15)20-21(16,17)18/h6-7H,2-5H2,1H3,(H,16,17,18)/t6-,7+/m1/s1. The minimum Gasteiger partial charge on any atom is -0.425 e. The number of rotatable bonds is 4. The smallest absolute Gasteiger partial charge is 0.418 e. The van der Waals surface area contributed by atoms with Crippen LogP contribution in [-0.4, -0.2) is 58.3 Å². The zero-order chi connectivity index (χ0) is 15.2. The molecule has 0 saturated carbocycles.